The number of nitrogens with one attached hydrogen (secondary N) is 2. The molecule has 1 aromatic heterocycles. The van der Waals surface area contributed by atoms with E-state index in [1.807, 2.05) is 84.8 Å². The number of aromatic nitrogens is 1. The largest absolute Gasteiger partial charge is 0.394 e. The molecule has 4 aromatic rings. The highest BCUT2D eigenvalue weighted by atomic mass is 79.9. The van der Waals surface area contributed by atoms with Gasteiger partial charge in [-0.25, -0.2) is 0 Å². The van der Waals surface area contributed by atoms with Crippen molar-refractivity contribution in [2.75, 3.05) is 6.61 Å². The van der Waals surface area contributed by atoms with Crippen molar-refractivity contribution in [3.05, 3.63) is 99.1 Å². The molecule has 6 nitrogen and oxygen atoms in total. The van der Waals surface area contributed by atoms with Crippen LogP contribution >= 0.6 is 39.3 Å². The monoisotopic (exact) mass is 625 g/mol. The van der Waals surface area contributed by atoms with Gasteiger partial charge in [-0.05, 0) is 55.8 Å². The van der Waals surface area contributed by atoms with Gasteiger partial charge in [-0.15, -0.1) is 11.8 Å². The maximum atomic E-state index is 14.2. The number of likely N-dealkylation sites (tertiary alicyclic amines) is 1. The molecule has 0 unspecified atom stereocenters. The number of aliphatic hydroxyl groups is 1. The lowest BCUT2D eigenvalue weighted by Crippen LogP contribution is -2.51. The minimum absolute atomic E-state index is 0.0109. The zero-order valence-electron chi connectivity index (χ0n) is 21.6. The number of rotatable bonds is 8. The topological polar surface area (TPSA) is 85.4 Å². The molecular formula is C30H29BrClN3O3S. The highest BCUT2D eigenvalue weighted by Gasteiger charge is 2.58. The maximum absolute atomic E-state index is 14.2. The van der Waals surface area contributed by atoms with E-state index in [2.05, 4.69) is 26.2 Å². The molecule has 5 rings (SSSR count). The van der Waals surface area contributed by atoms with E-state index in [0.29, 0.717) is 11.6 Å². The molecule has 0 radical (unpaired) electrons. The van der Waals surface area contributed by atoms with Gasteiger partial charge in [0.1, 0.15) is 4.75 Å². The van der Waals surface area contributed by atoms with E-state index in [1.54, 1.807) is 6.92 Å². The Morgan fingerprint density at radius 3 is 2.62 bits per heavy atom. The molecule has 1 aliphatic heterocycles. The van der Waals surface area contributed by atoms with Crippen molar-refractivity contribution < 1.29 is 14.7 Å². The lowest BCUT2D eigenvalue weighted by atomic mass is 9.90. The fourth-order valence-corrected chi connectivity index (χ4v) is 6.94. The van der Waals surface area contributed by atoms with Crippen molar-refractivity contribution in [3.63, 3.8) is 0 Å². The number of fused-ring (bicyclic) bond motifs is 1. The number of aryl methyl sites for hydroxylation is 1. The number of aromatic amines is 1. The first kappa shape index (κ1) is 27.8. The Balaban J connectivity index is 1.69. The predicted molar refractivity (Wildman–Crippen MR) is 160 cm³/mol. The number of hydrogen-bond acceptors (Lipinski definition) is 4. The fourth-order valence-electron chi connectivity index (χ4n) is 5.10. The van der Waals surface area contributed by atoms with Gasteiger partial charge in [0.05, 0.1) is 19.1 Å². The van der Waals surface area contributed by atoms with E-state index in [-0.39, 0.29) is 24.8 Å². The van der Waals surface area contributed by atoms with Gasteiger partial charge in [-0.1, -0.05) is 63.4 Å². The summed E-state index contributed by atoms with van der Waals surface area (Å²) in [5.74, 6) is -0.396. The molecular weight excluding hydrogens is 598 g/mol. The molecule has 3 N–H and O–H groups in total. The summed E-state index contributed by atoms with van der Waals surface area (Å²) >= 11 is 11.2. The Hall–Kier alpha value is -2.78. The third-order valence-electron chi connectivity index (χ3n) is 7.08. The lowest BCUT2D eigenvalue weighted by molar-refractivity contribution is -0.129. The van der Waals surface area contributed by atoms with E-state index in [1.165, 1.54) is 11.8 Å². The summed E-state index contributed by atoms with van der Waals surface area (Å²) in [5, 5.41) is 14.2. The minimum atomic E-state index is -1.19. The van der Waals surface area contributed by atoms with Gasteiger partial charge in [0.2, 0.25) is 11.8 Å². The molecule has 1 aliphatic rings. The van der Waals surface area contributed by atoms with Crippen molar-refractivity contribution in [3.8, 4) is 0 Å². The maximum Gasteiger partial charge on any atom is 0.239 e. The third kappa shape index (κ3) is 5.61. The number of amides is 2. The van der Waals surface area contributed by atoms with Crippen LogP contribution in [0.15, 0.2) is 82.3 Å². The Morgan fingerprint density at radius 1 is 1.21 bits per heavy atom. The first-order valence-electron chi connectivity index (χ1n) is 12.7. The summed E-state index contributed by atoms with van der Waals surface area (Å²) in [6.45, 7) is 3.90. The zero-order chi connectivity index (χ0) is 27.7. The highest BCUT2D eigenvalue weighted by Crippen LogP contribution is 2.54. The summed E-state index contributed by atoms with van der Waals surface area (Å²) in [7, 11) is 0. The molecule has 2 amide bonds. The number of carbonyl (C=O) groups is 2. The second-order valence-corrected chi connectivity index (χ2v) is 12.8. The van der Waals surface area contributed by atoms with Crippen molar-refractivity contribution >= 4 is 62.0 Å². The van der Waals surface area contributed by atoms with Crippen LogP contribution in [0.1, 0.15) is 36.1 Å². The second-order valence-electron chi connectivity index (χ2n) is 10.0. The molecule has 3 aromatic carbocycles. The van der Waals surface area contributed by atoms with Crippen LogP contribution in [-0.2, 0) is 16.1 Å². The summed E-state index contributed by atoms with van der Waals surface area (Å²) in [4.78, 5) is 34.1. The third-order valence-corrected chi connectivity index (χ3v) is 9.27. The number of aliphatic hydroxyl groups excluding tert-OH is 1. The number of benzene rings is 3. The van der Waals surface area contributed by atoms with E-state index in [0.717, 1.165) is 37.0 Å². The summed E-state index contributed by atoms with van der Waals surface area (Å²) in [5.41, 5.74) is 3.74. The fraction of sp³-hybridized carbons (Fsp3) is 0.267. The second kappa shape index (κ2) is 11.4. The number of nitrogens with zero attached hydrogens (tertiary/aromatic N) is 1. The molecule has 39 heavy (non-hydrogen) atoms. The van der Waals surface area contributed by atoms with Crippen molar-refractivity contribution in [1.29, 1.82) is 0 Å². The summed E-state index contributed by atoms with van der Waals surface area (Å²) in [6, 6.07) is 20.4. The molecule has 9 heteroatoms. The molecule has 1 fully saturated rings. The number of H-pyrrole nitrogens is 1. The van der Waals surface area contributed by atoms with Gasteiger partial charge in [-0.2, -0.15) is 0 Å². The highest BCUT2D eigenvalue weighted by molar-refractivity contribution is 9.10. The van der Waals surface area contributed by atoms with Gasteiger partial charge in [-0.3, -0.25) is 9.59 Å². The Kier molecular flexibility index (Phi) is 8.10. The Labute approximate surface area is 245 Å². The quantitative estimate of drug-likeness (QED) is 0.212. The number of halogens is 2. The lowest BCUT2D eigenvalue weighted by Gasteiger charge is -2.37. The average Bonchev–Trinajstić information content (AvgIpc) is 3.44. The number of hydrogen-bond donors (Lipinski definition) is 3. The van der Waals surface area contributed by atoms with Crippen molar-refractivity contribution in [1.82, 2.24) is 15.2 Å². The van der Waals surface area contributed by atoms with Crippen LogP contribution in [-0.4, -0.2) is 44.2 Å². The Morgan fingerprint density at radius 2 is 1.92 bits per heavy atom. The molecule has 0 bridgehead atoms. The van der Waals surface area contributed by atoms with Crippen LogP contribution in [0.2, 0.25) is 5.02 Å². The molecule has 0 spiro atoms. The van der Waals surface area contributed by atoms with Crippen LogP contribution in [0.4, 0.5) is 0 Å². The molecule has 3 atom stereocenters. The number of carbonyl (C=O) groups excluding carboxylic acids is 2. The smallest absolute Gasteiger partial charge is 0.239 e. The number of thioether (sulfide) groups is 1. The Bertz CT molecular complexity index is 1510. The van der Waals surface area contributed by atoms with E-state index in [9.17, 15) is 14.7 Å². The zero-order valence-corrected chi connectivity index (χ0v) is 24.7. The minimum Gasteiger partial charge on any atom is -0.394 e. The summed E-state index contributed by atoms with van der Waals surface area (Å²) < 4.78 is -0.245. The molecule has 0 saturated carbocycles. The standard InChI is InChI=1S/C30H29BrClN3O3S/c1-18-3-10-23(11-4-18)39-30(29(38)34-19(2)17-36)14-27(37)35(16-20-5-7-21(31)8-6-20)28(30)25-15-33-26-13-22(32)9-12-24(25)26/h3-13,15,19,28,33,36H,14,16-17H2,1-2H3,(H,34,38)/t19-,28-,30+/m1/s1. The first-order valence-corrected chi connectivity index (χ1v) is 14.7. The van der Waals surface area contributed by atoms with Gasteiger partial charge in [0.15, 0.2) is 0 Å². The van der Waals surface area contributed by atoms with Crippen LogP contribution in [0, 0.1) is 6.92 Å². The molecule has 2 heterocycles. The SMILES string of the molecule is Cc1ccc(S[C@@]2(C(=O)N[C@H](C)CO)CC(=O)N(Cc3ccc(Br)cc3)[C@@H]2c2c[nH]c3cc(Cl)ccc23)cc1. The van der Waals surface area contributed by atoms with Gasteiger partial charge in [0.25, 0.3) is 0 Å². The normalized spacial score (nSPS) is 20.0. The first-order chi connectivity index (χ1) is 18.7. The van der Waals surface area contributed by atoms with Crippen LogP contribution in [0.5, 0.6) is 0 Å². The van der Waals surface area contributed by atoms with Crippen molar-refractivity contribution in [2.24, 2.45) is 0 Å². The van der Waals surface area contributed by atoms with Gasteiger partial charge < -0.3 is 20.3 Å². The predicted octanol–water partition coefficient (Wildman–Crippen LogP) is 6.39. The summed E-state index contributed by atoms with van der Waals surface area (Å²) in [6.07, 6.45) is 1.89. The van der Waals surface area contributed by atoms with E-state index in [4.69, 9.17) is 11.6 Å². The average molecular weight is 627 g/mol. The molecule has 0 aliphatic carbocycles. The molecule has 202 valence electrons. The molecule has 1 saturated heterocycles. The van der Waals surface area contributed by atoms with Gasteiger partial charge >= 0.3 is 0 Å². The van der Waals surface area contributed by atoms with Crippen molar-refractivity contribution in [2.45, 2.75) is 48.5 Å². The van der Waals surface area contributed by atoms with E-state index < -0.39 is 16.8 Å². The van der Waals surface area contributed by atoms with Crippen LogP contribution in [0.3, 0.4) is 0 Å². The van der Waals surface area contributed by atoms with E-state index >= 15 is 0 Å². The van der Waals surface area contributed by atoms with Crippen LogP contribution < -0.4 is 5.32 Å². The van der Waals surface area contributed by atoms with Crippen LogP contribution in [0.25, 0.3) is 10.9 Å². The van der Waals surface area contributed by atoms with Gasteiger partial charge in [0, 0.05) is 49.6 Å².